The molecule has 1 aromatic carbocycles. The van der Waals surface area contributed by atoms with Crippen LogP contribution in [0.15, 0.2) is 30.3 Å². The Morgan fingerprint density at radius 1 is 1.32 bits per heavy atom. The predicted octanol–water partition coefficient (Wildman–Crippen LogP) is 0.338. The van der Waals surface area contributed by atoms with Crippen LogP contribution in [0.2, 0.25) is 0 Å². The molecule has 1 amide bonds. The van der Waals surface area contributed by atoms with Gasteiger partial charge in [-0.3, -0.25) is 10.2 Å². The maximum atomic E-state index is 11.5. The van der Waals surface area contributed by atoms with Crippen molar-refractivity contribution in [3.63, 3.8) is 0 Å². The number of para-hydroxylation sites is 1. The van der Waals surface area contributed by atoms with Gasteiger partial charge >= 0.3 is 0 Å². The zero-order valence-corrected chi connectivity index (χ0v) is 10.3. The number of hydrogen-bond donors (Lipinski definition) is 3. The number of aromatic nitrogens is 2. The van der Waals surface area contributed by atoms with E-state index >= 15 is 0 Å². The van der Waals surface area contributed by atoms with Crippen molar-refractivity contribution in [3.8, 4) is 17.0 Å². The van der Waals surface area contributed by atoms with Crippen LogP contribution in [0.3, 0.4) is 0 Å². The average Bonchev–Trinajstić information content (AvgIpc) is 2.45. The van der Waals surface area contributed by atoms with E-state index in [9.17, 15) is 4.79 Å². The number of hydrazine groups is 1. The molecule has 0 bridgehead atoms. The highest BCUT2D eigenvalue weighted by Crippen LogP contribution is 2.28. The third-order valence-electron chi connectivity index (χ3n) is 2.49. The van der Waals surface area contributed by atoms with Gasteiger partial charge < -0.3 is 10.5 Å². The smallest absolute Gasteiger partial charge is 0.283 e. The molecule has 1 aromatic heterocycles. The van der Waals surface area contributed by atoms with Gasteiger partial charge in [0.25, 0.3) is 5.91 Å². The minimum absolute atomic E-state index is 0.0120. The lowest BCUT2D eigenvalue weighted by atomic mass is 10.1. The van der Waals surface area contributed by atoms with Crippen molar-refractivity contribution in [2.24, 2.45) is 5.84 Å². The first-order valence-electron chi connectivity index (χ1n) is 5.44. The largest absolute Gasteiger partial charge is 0.496 e. The van der Waals surface area contributed by atoms with Gasteiger partial charge in [0.1, 0.15) is 11.4 Å². The van der Waals surface area contributed by atoms with Crippen LogP contribution < -0.4 is 21.7 Å². The van der Waals surface area contributed by atoms with Crippen molar-refractivity contribution in [1.82, 2.24) is 15.4 Å². The Morgan fingerprint density at radius 3 is 2.74 bits per heavy atom. The maximum absolute atomic E-state index is 11.5. The Hall–Kier alpha value is -2.67. The van der Waals surface area contributed by atoms with Crippen LogP contribution in [0.4, 0.5) is 5.95 Å². The van der Waals surface area contributed by atoms with Gasteiger partial charge in [0.05, 0.1) is 12.8 Å². The second kappa shape index (κ2) is 5.32. The fourth-order valence-corrected chi connectivity index (χ4v) is 1.65. The summed E-state index contributed by atoms with van der Waals surface area (Å²) in [7, 11) is 1.55. The van der Waals surface area contributed by atoms with Gasteiger partial charge in [-0.15, -0.1) is 0 Å². The number of nitrogens with zero attached hydrogens (tertiary/aromatic N) is 2. The Labute approximate surface area is 109 Å². The highest BCUT2D eigenvalue weighted by atomic mass is 16.5. The zero-order valence-electron chi connectivity index (χ0n) is 10.3. The first kappa shape index (κ1) is 12.8. The molecule has 7 nitrogen and oxygen atoms in total. The van der Waals surface area contributed by atoms with Crippen LogP contribution in [0, 0.1) is 0 Å². The van der Waals surface area contributed by atoms with Gasteiger partial charge in [-0.25, -0.2) is 15.8 Å². The van der Waals surface area contributed by atoms with Crippen molar-refractivity contribution in [2.45, 2.75) is 0 Å². The molecule has 19 heavy (non-hydrogen) atoms. The summed E-state index contributed by atoms with van der Waals surface area (Å²) >= 11 is 0. The van der Waals surface area contributed by atoms with E-state index < -0.39 is 5.91 Å². The molecule has 1 heterocycles. The quantitative estimate of drug-likeness (QED) is 0.415. The molecule has 5 N–H and O–H groups in total. The van der Waals surface area contributed by atoms with Crippen LogP contribution >= 0.6 is 0 Å². The highest BCUT2D eigenvalue weighted by Gasteiger charge is 2.13. The summed E-state index contributed by atoms with van der Waals surface area (Å²) in [5.41, 5.74) is 8.89. The molecule has 0 unspecified atom stereocenters. The van der Waals surface area contributed by atoms with Crippen LogP contribution in [0.25, 0.3) is 11.3 Å². The topological polar surface area (TPSA) is 116 Å². The number of nitrogens with two attached hydrogens (primary N) is 2. The fourth-order valence-electron chi connectivity index (χ4n) is 1.65. The SMILES string of the molecule is COc1ccccc1-c1cc(C(=O)NN)nc(N)n1. The molecule has 2 rings (SSSR count). The predicted molar refractivity (Wildman–Crippen MR) is 70.1 cm³/mol. The van der Waals surface area contributed by atoms with Crippen molar-refractivity contribution in [3.05, 3.63) is 36.0 Å². The van der Waals surface area contributed by atoms with E-state index in [4.69, 9.17) is 16.3 Å². The van der Waals surface area contributed by atoms with Gasteiger partial charge in [0.2, 0.25) is 5.95 Å². The first-order chi connectivity index (χ1) is 9.15. The van der Waals surface area contributed by atoms with Crippen LogP contribution in [0.1, 0.15) is 10.5 Å². The number of nitrogens with one attached hydrogen (secondary N) is 1. The lowest BCUT2D eigenvalue weighted by molar-refractivity contribution is 0.0948. The van der Waals surface area contributed by atoms with E-state index in [0.717, 1.165) is 0 Å². The van der Waals surface area contributed by atoms with Crippen LogP contribution in [-0.4, -0.2) is 23.0 Å². The molecule has 0 aliphatic heterocycles. The van der Waals surface area contributed by atoms with Gasteiger partial charge in [-0.05, 0) is 18.2 Å². The van der Waals surface area contributed by atoms with E-state index in [-0.39, 0.29) is 11.6 Å². The summed E-state index contributed by atoms with van der Waals surface area (Å²) in [5.74, 6) is 5.15. The van der Waals surface area contributed by atoms with Crippen LogP contribution in [0.5, 0.6) is 5.75 Å². The minimum Gasteiger partial charge on any atom is -0.496 e. The fraction of sp³-hybridized carbons (Fsp3) is 0.0833. The molecule has 0 radical (unpaired) electrons. The number of carbonyl (C=O) groups excluding carboxylic acids is 1. The van der Waals surface area contributed by atoms with E-state index in [2.05, 4.69) is 9.97 Å². The van der Waals surface area contributed by atoms with Gasteiger partial charge in [-0.1, -0.05) is 12.1 Å². The summed E-state index contributed by atoms with van der Waals surface area (Å²) in [6.45, 7) is 0. The van der Waals surface area contributed by atoms with Crippen molar-refractivity contribution >= 4 is 11.9 Å². The summed E-state index contributed by atoms with van der Waals surface area (Å²) in [6.07, 6.45) is 0. The molecule has 0 fully saturated rings. The van der Waals surface area contributed by atoms with Crippen LogP contribution in [-0.2, 0) is 0 Å². The molecule has 0 spiro atoms. The number of benzene rings is 1. The summed E-state index contributed by atoms with van der Waals surface area (Å²) < 4.78 is 5.24. The molecular weight excluding hydrogens is 246 g/mol. The van der Waals surface area contributed by atoms with E-state index in [0.29, 0.717) is 17.0 Å². The Bertz CT molecular complexity index is 615. The highest BCUT2D eigenvalue weighted by molar-refractivity contribution is 5.93. The number of nitrogen functional groups attached to an aromatic ring is 2. The number of methoxy groups -OCH3 is 1. The third kappa shape index (κ3) is 2.61. The van der Waals surface area contributed by atoms with Crippen molar-refractivity contribution < 1.29 is 9.53 Å². The molecule has 0 aliphatic rings. The van der Waals surface area contributed by atoms with E-state index in [1.54, 1.807) is 13.2 Å². The normalized spacial score (nSPS) is 10.0. The van der Waals surface area contributed by atoms with Crippen molar-refractivity contribution in [1.29, 1.82) is 0 Å². The molecular formula is C12H13N5O2. The number of anilines is 1. The van der Waals surface area contributed by atoms with Gasteiger partial charge in [-0.2, -0.15) is 0 Å². The summed E-state index contributed by atoms with van der Waals surface area (Å²) in [5, 5.41) is 0. The zero-order chi connectivity index (χ0) is 13.8. The molecule has 2 aromatic rings. The number of ether oxygens (including phenoxy) is 1. The Balaban J connectivity index is 2.56. The van der Waals surface area contributed by atoms with E-state index in [1.807, 2.05) is 23.6 Å². The number of amides is 1. The number of rotatable bonds is 3. The molecule has 0 saturated carbocycles. The monoisotopic (exact) mass is 259 g/mol. The van der Waals surface area contributed by atoms with Gasteiger partial charge in [0.15, 0.2) is 0 Å². The molecule has 0 saturated heterocycles. The molecule has 98 valence electrons. The Morgan fingerprint density at radius 2 is 2.05 bits per heavy atom. The minimum atomic E-state index is -0.537. The number of carbonyl (C=O) groups is 1. The standard InChI is InChI=1S/C12H13N5O2/c1-19-10-5-3-2-4-7(10)8-6-9(11(18)17-14)16-12(13)15-8/h2-6H,14H2,1H3,(H,17,18)(H2,13,15,16). The summed E-state index contributed by atoms with van der Waals surface area (Å²) in [4.78, 5) is 19.4. The average molecular weight is 259 g/mol. The summed E-state index contributed by atoms with van der Waals surface area (Å²) in [6, 6.07) is 8.76. The first-order valence-corrected chi connectivity index (χ1v) is 5.44. The Kier molecular flexibility index (Phi) is 3.58. The molecule has 0 aliphatic carbocycles. The van der Waals surface area contributed by atoms with Crippen molar-refractivity contribution in [2.75, 3.05) is 12.8 Å². The maximum Gasteiger partial charge on any atom is 0.283 e. The lowest BCUT2D eigenvalue weighted by Gasteiger charge is -2.09. The second-order valence-corrected chi connectivity index (χ2v) is 3.67. The van der Waals surface area contributed by atoms with E-state index in [1.165, 1.54) is 6.07 Å². The van der Waals surface area contributed by atoms with Gasteiger partial charge in [0, 0.05) is 5.56 Å². The third-order valence-corrected chi connectivity index (χ3v) is 2.49. The lowest BCUT2D eigenvalue weighted by Crippen LogP contribution is -2.31. The molecule has 0 atom stereocenters. The second-order valence-electron chi connectivity index (χ2n) is 3.67. The molecule has 7 heteroatoms. The number of hydrogen-bond acceptors (Lipinski definition) is 6.